The van der Waals surface area contributed by atoms with Gasteiger partial charge in [-0.05, 0) is 20.4 Å². The Hall–Kier alpha value is -0.870. The Morgan fingerprint density at radius 3 is 2.77 bits per heavy atom. The van der Waals surface area contributed by atoms with Crippen LogP contribution in [0.2, 0.25) is 0 Å². The predicted molar refractivity (Wildman–Crippen MR) is 51.4 cm³/mol. The molecule has 4 heteroatoms. The van der Waals surface area contributed by atoms with Gasteiger partial charge in [-0.1, -0.05) is 0 Å². The number of hydrogen-bond acceptors (Lipinski definition) is 3. The molecular weight excluding hydrogens is 166 g/mol. The summed E-state index contributed by atoms with van der Waals surface area (Å²) in [6.07, 6.45) is 2.58. The first-order valence-electron chi connectivity index (χ1n) is 4.47. The fraction of sp³-hybridized carbons (Fsp3) is 0.667. The van der Waals surface area contributed by atoms with Crippen molar-refractivity contribution in [2.45, 2.75) is 19.4 Å². The van der Waals surface area contributed by atoms with Gasteiger partial charge in [-0.3, -0.25) is 4.68 Å². The van der Waals surface area contributed by atoms with Crippen LogP contribution in [0.1, 0.15) is 23.7 Å². The minimum atomic E-state index is 0.194. The quantitative estimate of drug-likeness (QED) is 0.709. The Morgan fingerprint density at radius 2 is 2.38 bits per heavy atom. The molecule has 1 unspecified atom stereocenters. The lowest BCUT2D eigenvalue weighted by Gasteiger charge is -2.14. The van der Waals surface area contributed by atoms with E-state index in [0.29, 0.717) is 0 Å². The number of aliphatic hydroxyl groups is 1. The van der Waals surface area contributed by atoms with Crippen molar-refractivity contribution in [1.82, 2.24) is 15.1 Å². The van der Waals surface area contributed by atoms with Crippen molar-refractivity contribution in [3.05, 3.63) is 17.5 Å². The molecule has 0 bridgehead atoms. The number of nitrogens with zero attached hydrogens (tertiary/aromatic N) is 2. The van der Waals surface area contributed by atoms with Crippen molar-refractivity contribution < 1.29 is 5.11 Å². The third-order valence-corrected chi connectivity index (χ3v) is 2.41. The molecule has 0 aromatic carbocycles. The lowest BCUT2D eigenvalue weighted by atomic mass is 10.1. The average Bonchev–Trinajstić information content (AvgIpc) is 2.45. The topological polar surface area (TPSA) is 50.1 Å². The van der Waals surface area contributed by atoms with Gasteiger partial charge in [0.25, 0.3) is 0 Å². The van der Waals surface area contributed by atoms with E-state index in [9.17, 15) is 0 Å². The fourth-order valence-electron chi connectivity index (χ4n) is 1.44. The van der Waals surface area contributed by atoms with Crippen molar-refractivity contribution in [3.8, 4) is 0 Å². The van der Waals surface area contributed by atoms with E-state index in [1.165, 1.54) is 5.56 Å². The van der Waals surface area contributed by atoms with Crippen LogP contribution in [0, 0.1) is 6.92 Å². The second-order valence-electron chi connectivity index (χ2n) is 3.16. The van der Waals surface area contributed by atoms with Crippen LogP contribution in [0.15, 0.2) is 6.20 Å². The summed E-state index contributed by atoms with van der Waals surface area (Å²) in [5, 5.41) is 16.2. The maximum absolute atomic E-state index is 8.86. The lowest BCUT2D eigenvalue weighted by molar-refractivity contribution is 0.268. The molecule has 0 aliphatic rings. The molecule has 1 aromatic heterocycles. The summed E-state index contributed by atoms with van der Waals surface area (Å²) in [5.41, 5.74) is 2.31. The van der Waals surface area contributed by atoms with Gasteiger partial charge in [0.1, 0.15) is 0 Å². The molecule has 2 N–H and O–H groups in total. The molecule has 4 nitrogen and oxygen atoms in total. The predicted octanol–water partition coefficient (Wildman–Crippen LogP) is 0.371. The molecule has 74 valence electrons. The van der Waals surface area contributed by atoms with E-state index in [0.717, 1.165) is 12.1 Å². The zero-order chi connectivity index (χ0) is 9.84. The molecule has 0 aliphatic heterocycles. The first-order valence-corrected chi connectivity index (χ1v) is 4.47. The Balaban J connectivity index is 2.84. The molecule has 0 aliphatic carbocycles. The van der Waals surface area contributed by atoms with Crippen LogP contribution in [0.4, 0.5) is 0 Å². The summed E-state index contributed by atoms with van der Waals surface area (Å²) < 4.78 is 1.84. The summed E-state index contributed by atoms with van der Waals surface area (Å²) in [4.78, 5) is 0. The van der Waals surface area contributed by atoms with E-state index < -0.39 is 0 Å². The van der Waals surface area contributed by atoms with Gasteiger partial charge in [-0.25, -0.2) is 0 Å². The highest BCUT2D eigenvalue weighted by Gasteiger charge is 2.13. The van der Waals surface area contributed by atoms with Crippen LogP contribution in [0.3, 0.4) is 0 Å². The second kappa shape index (κ2) is 4.39. The number of nitrogens with one attached hydrogen (secondary N) is 1. The van der Waals surface area contributed by atoms with Gasteiger partial charge in [0, 0.05) is 31.0 Å². The molecule has 1 heterocycles. The van der Waals surface area contributed by atoms with E-state index in [2.05, 4.69) is 10.4 Å². The van der Waals surface area contributed by atoms with Crippen LogP contribution in [0.25, 0.3) is 0 Å². The average molecular weight is 183 g/mol. The van der Waals surface area contributed by atoms with Crippen molar-refractivity contribution in [1.29, 1.82) is 0 Å². The number of aromatic nitrogens is 2. The van der Waals surface area contributed by atoms with Gasteiger partial charge in [-0.2, -0.15) is 5.10 Å². The van der Waals surface area contributed by atoms with E-state index >= 15 is 0 Å². The lowest BCUT2D eigenvalue weighted by Crippen LogP contribution is -2.18. The van der Waals surface area contributed by atoms with E-state index in [4.69, 9.17) is 5.11 Å². The SMILES string of the molecule is CNC(CCO)c1cnn(C)c1C. The minimum Gasteiger partial charge on any atom is -0.396 e. The number of hydrogen-bond donors (Lipinski definition) is 2. The Kier molecular flexibility index (Phi) is 3.45. The minimum absolute atomic E-state index is 0.194. The normalized spacial score (nSPS) is 13.2. The largest absolute Gasteiger partial charge is 0.396 e. The van der Waals surface area contributed by atoms with Gasteiger partial charge in [0.2, 0.25) is 0 Å². The number of aliphatic hydroxyl groups excluding tert-OH is 1. The van der Waals surface area contributed by atoms with Crippen LogP contribution in [-0.2, 0) is 7.05 Å². The molecule has 1 atom stereocenters. The van der Waals surface area contributed by atoms with Crippen molar-refractivity contribution in [3.63, 3.8) is 0 Å². The molecule has 13 heavy (non-hydrogen) atoms. The molecular formula is C9H17N3O. The molecule has 0 amide bonds. The maximum atomic E-state index is 8.86. The highest BCUT2D eigenvalue weighted by molar-refractivity contribution is 5.20. The van der Waals surface area contributed by atoms with E-state index in [-0.39, 0.29) is 12.6 Å². The standard InChI is InChI=1S/C9H17N3O/c1-7-8(6-11-12(7)3)9(10-2)4-5-13/h6,9-10,13H,4-5H2,1-3H3. The summed E-state index contributed by atoms with van der Waals surface area (Å²) in [6, 6.07) is 0.207. The third kappa shape index (κ3) is 2.08. The van der Waals surface area contributed by atoms with Gasteiger partial charge >= 0.3 is 0 Å². The Bertz CT molecular complexity index is 270. The zero-order valence-corrected chi connectivity index (χ0v) is 8.41. The third-order valence-electron chi connectivity index (χ3n) is 2.41. The highest BCUT2D eigenvalue weighted by Crippen LogP contribution is 2.18. The highest BCUT2D eigenvalue weighted by atomic mass is 16.3. The smallest absolute Gasteiger partial charge is 0.0540 e. The monoisotopic (exact) mass is 183 g/mol. The number of rotatable bonds is 4. The molecule has 0 saturated heterocycles. The Morgan fingerprint density at radius 1 is 1.69 bits per heavy atom. The van der Waals surface area contributed by atoms with Gasteiger partial charge in [0.05, 0.1) is 6.20 Å². The molecule has 0 fully saturated rings. The fourth-order valence-corrected chi connectivity index (χ4v) is 1.44. The Labute approximate surface area is 78.6 Å². The first-order chi connectivity index (χ1) is 6.20. The number of aryl methyl sites for hydroxylation is 1. The van der Waals surface area contributed by atoms with E-state index in [1.807, 2.05) is 31.9 Å². The summed E-state index contributed by atoms with van der Waals surface area (Å²) in [6.45, 7) is 2.23. The van der Waals surface area contributed by atoms with Crippen LogP contribution < -0.4 is 5.32 Å². The zero-order valence-electron chi connectivity index (χ0n) is 8.41. The molecule has 1 aromatic rings. The summed E-state index contributed by atoms with van der Waals surface area (Å²) >= 11 is 0. The van der Waals surface area contributed by atoms with E-state index in [1.54, 1.807) is 0 Å². The van der Waals surface area contributed by atoms with Gasteiger partial charge in [-0.15, -0.1) is 0 Å². The van der Waals surface area contributed by atoms with Crippen molar-refractivity contribution >= 4 is 0 Å². The first kappa shape index (κ1) is 10.2. The van der Waals surface area contributed by atoms with Crippen LogP contribution in [-0.4, -0.2) is 28.5 Å². The second-order valence-corrected chi connectivity index (χ2v) is 3.16. The van der Waals surface area contributed by atoms with Crippen LogP contribution >= 0.6 is 0 Å². The molecule has 0 radical (unpaired) electrons. The molecule has 1 rings (SSSR count). The summed E-state index contributed by atoms with van der Waals surface area (Å²) in [5.74, 6) is 0. The molecule has 0 spiro atoms. The maximum Gasteiger partial charge on any atom is 0.0540 e. The van der Waals surface area contributed by atoms with Crippen molar-refractivity contribution in [2.75, 3.05) is 13.7 Å². The van der Waals surface area contributed by atoms with Gasteiger partial charge in [0.15, 0.2) is 0 Å². The van der Waals surface area contributed by atoms with Crippen LogP contribution in [0.5, 0.6) is 0 Å². The summed E-state index contributed by atoms with van der Waals surface area (Å²) in [7, 11) is 3.82. The van der Waals surface area contributed by atoms with Gasteiger partial charge < -0.3 is 10.4 Å². The van der Waals surface area contributed by atoms with Crippen molar-refractivity contribution in [2.24, 2.45) is 7.05 Å². The molecule has 0 saturated carbocycles.